The van der Waals surface area contributed by atoms with Gasteiger partial charge in [0, 0.05) is 17.8 Å². The Hall–Kier alpha value is -4.00. The molecule has 2 N–H and O–H groups in total. The van der Waals surface area contributed by atoms with Crippen LogP contribution in [0.1, 0.15) is 40.3 Å². The smallest absolute Gasteiger partial charge is 0.267 e. The molecule has 0 bridgehead atoms. The van der Waals surface area contributed by atoms with E-state index in [0.717, 1.165) is 39.9 Å². The number of amides is 1. The van der Waals surface area contributed by atoms with E-state index in [9.17, 15) is 4.79 Å². The summed E-state index contributed by atoms with van der Waals surface area (Å²) in [5.74, 6) is 1.62. The van der Waals surface area contributed by atoms with Crippen molar-refractivity contribution in [1.29, 1.82) is 0 Å². The average molecular weight is 443 g/mol. The Labute approximate surface area is 192 Å². The molecule has 2 aromatic carbocycles. The van der Waals surface area contributed by atoms with Crippen LogP contribution in [0, 0.1) is 6.92 Å². The lowest BCUT2D eigenvalue weighted by Crippen LogP contribution is -2.13. The van der Waals surface area contributed by atoms with Crippen molar-refractivity contribution in [3.63, 3.8) is 0 Å². The number of nitrogens with two attached hydrogens (primary N) is 1. The van der Waals surface area contributed by atoms with Crippen LogP contribution in [-0.2, 0) is 6.42 Å². The van der Waals surface area contributed by atoms with E-state index in [0.29, 0.717) is 17.0 Å². The second-order valence-electron chi connectivity index (χ2n) is 8.01. The number of primary amides is 1. The zero-order chi connectivity index (χ0) is 23.5. The number of nitrogens with zero attached hydrogens (tertiary/aromatic N) is 3. The molecule has 0 aliphatic carbocycles. The van der Waals surface area contributed by atoms with Crippen LogP contribution in [0.5, 0.6) is 11.5 Å². The normalized spacial score (nSPS) is 11.9. The number of hydrogen-bond donors (Lipinski definition) is 1. The van der Waals surface area contributed by atoms with Gasteiger partial charge in [0.1, 0.15) is 11.5 Å². The molecule has 2 aromatic heterocycles. The van der Waals surface area contributed by atoms with Crippen LogP contribution in [0.25, 0.3) is 22.0 Å². The standard InChI is InChI=1S/C26H26N4O3/c1-15(9-17-13-28-16(2)29-14-17)18-5-7-20-21(12-23(26(27)31)30-22(20)10-18)19-6-8-24(32-3)25(11-19)33-4/h5-8,10-15H,9H2,1-4H3,(H2,27,31). The van der Waals surface area contributed by atoms with Crippen LogP contribution in [-0.4, -0.2) is 35.1 Å². The first-order valence-corrected chi connectivity index (χ1v) is 10.6. The van der Waals surface area contributed by atoms with Gasteiger partial charge in [-0.3, -0.25) is 4.79 Å². The van der Waals surface area contributed by atoms with Gasteiger partial charge in [0.15, 0.2) is 11.5 Å². The van der Waals surface area contributed by atoms with E-state index < -0.39 is 5.91 Å². The lowest BCUT2D eigenvalue weighted by Gasteiger charge is -2.15. The summed E-state index contributed by atoms with van der Waals surface area (Å²) in [5, 5.41) is 0.918. The summed E-state index contributed by atoms with van der Waals surface area (Å²) in [6.45, 7) is 4.02. The number of carbonyl (C=O) groups is 1. The summed E-state index contributed by atoms with van der Waals surface area (Å²) in [4.78, 5) is 25.2. The van der Waals surface area contributed by atoms with Crippen molar-refractivity contribution in [2.45, 2.75) is 26.2 Å². The SMILES string of the molecule is COc1ccc(-c2cc(C(N)=O)nc3cc(C(C)Cc4cnc(C)nc4)ccc23)cc1OC. The highest BCUT2D eigenvalue weighted by Crippen LogP contribution is 2.36. The van der Waals surface area contributed by atoms with Gasteiger partial charge in [-0.25, -0.2) is 15.0 Å². The van der Waals surface area contributed by atoms with E-state index in [2.05, 4.69) is 27.9 Å². The zero-order valence-corrected chi connectivity index (χ0v) is 19.1. The van der Waals surface area contributed by atoms with Crippen LogP contribution >= 0.6 is 0 Å². The quantitative estimate of drug-likeness (QED) is 0.453. The number of ether oxygens (including phenoxy) is 2. The van der Waals surface area contributed by atoms with Gasteiger partial charge in [0.2, 0.25) is 0 Å². The number of fused-ring (bicyclic) bond motifs is 1. The van der Waals surface area contributed by atoms with Crippen molar-refractivity contribution in [2.24, 2.45) is 5.73 Å². The van der Waals surface area contributed by atoms with Gasteiger partial charge in [-0.1, -0.05) is 25.1 Å². The number of pyridine rings is 1. The first kappa shape index (κ1) is 22.2. The van der Waals surface area contributed by atoms with Crippen molar-refractivity contribution in [3.8, 4) is 22.6 Å². The Kier molecular flexibility index (Phi) is 6.22. The summed E-state index contributed by atoms with van der Waals surface area (Å²) in [6, 6.07) is 13.5. The summed E-state index contributed by atoms with van der Waals surface area (Å²) in [6.07, 6.45) is 4.51. The topological polar surface area (TPSA) is 100 Å². The highest BCUT2D eigenvalue weighted by atomic mass is 16.5. The third kappa shape index (κ3) is 4.62. The van der Waals surface area contributed by atoms with Gasteiger partial charge in [-0.2, -0.15) is 0 Å². The molecule has 0 aliphatic heterocycles. The molecular formula is C26H26N4O3. The molecule has 33 heavy (non-hydrogen) atoms. The van der Waals surface area contributed by atoms with E-state index in [-0.39, 0.29) is 11.6 Å². The van der Waals surface area contributed by atoms with E-state index in [1.54, 1.807) is 20.3 Å². The fourth-order valence-corrected chi connectivity index (χ4v) is 3.92. The number of aryl methyl sites for hydroxylation is 1. The van der Waals surface area contributed by atoms with Gasteiger partial charge in [-0.15, -0.1) is 0 Å². The minimum atomic E-state index is -0.575. The maximum atomic E-state index is 12.0. The number of aromatic nitrogens is 3. The Morgan fingerprint density at radius 2 is 1.73 bits per heavy atom. The van der Waals surface area contributed by atoms with Gasteiger partial charge >= 0.3 is 0 Å². The Morgan fingerprint density at radius 3 is 2.39 bits per heavy atom. The predicted molar refractivity (Wildman–Crippen MR) is 128 cm³/mol. The van der Waals surface area contributed by atoms with E-state index in [1.165, 1.54) is 0 Å². The largest absolute Gasteiger partial charge is 0.493 e. The van der Waals surface area contributed by atoms with Crippen molar-refractivity contribution < 1.29 is 14.3 Å². The molecule has 1 unspecified atom stereocenters. The van der Waals surface area contributed by atoms with Crippen LogP contribution in [0.2, 0.25) is 0 Å². The molecule has 2 heterocycles. The maximum Gasteiger partial charge on any atom is 0.267 e. The molecule has 0 aliphatic rings. The summed E-state index contributed by atoms with van der Waals surface area (Å²) < 4.78 is 10.8. The predicted octanol–water partition coefficient (Wildman–Crippen LogP) is 4.46. The third-order valence-corrected chi connectivity index (χ3v) is 5.73. The molecule has 1 atom stereocenters. The molecule has 7 nitrogen and oxygen atoms in total. The lowest BCUT2D eigenvalue weighted by atomic mass is 9.92. The number of hydrogen-bond acceptors (Lipinski definition) is 6. The number of benzene rings is 2. The second-order valence-corrected chi connectivity index (χ2v) is 8.01. The molecule has 4 aromatic rings. The molecule has 0 fully saturated rings. The molecule has 0 spiro atoms. The molecule has 0 saturated carbocycles. The van der Waals surface area contributed by atoms with Crippen molar-refractivity contribution >= 4 is 16.8 Å². The number of carbonyl (C=O) groups excluding carboxylic acids is 1. The van der Waals surface area contributed by atoms with E-state index >= 15 is 0 Å². The second kappa shape index (κ2) is 9.24. The fraction of sp³-hybridized carbons (Fsp3) is 0.231. The lowest BCUT2D eigenvalue weighted by molar-refractivity contribution is 0.0996. The van der Waals surface area contributed by atoms with E-state index in [4.69, 9.17) is 15.2 Å². The molecule has 4 rings (SSSR count). The van der Waals surface area contributed by atoms with Crippen molar-refractivity contribution in [1.82, 2.24) is 15.0 Å². The van der Waals surface area contributed by atoms with Crippen LogP contribution in [0.4, 0.5) is 0 Å². The molecule has 168 valence electrons. The fourth-order valence-electron chi connectivity index (χ4n) is 3.92. The third-order valence-electron chi connectivity index (χ3n) is 5.73. The first-order valence-electron chi connectivity index (χ1n) is 10.6. The maximum absolute atomic E-state index is 12.0. The Morgan fingerprint density at radius 1 is 1.00 bits per heavy atom. The summed E-state index contributed by atoms with van der Waals surface area (Å²) >= 11 is 0. The van der Waals surface area contributed by atoms with Gasteiger partial charge in [0.05, 0.1) is 19.7 Å². The molecular weight excluding hydrogens is 416 g/mol. The number of rotatable bonds is 7. The monoisotopic (exact) mass is 442 g/mol. The summed E-state index contributed by atoms with van der Waals surface area (Å²) in [5.41, 5.74) is 10.4. The highest BCUT2D eigenvalue weighted by molar-refractivity contribution is 6.01. The number of methoxy groups -OCH3 is 2. The van der Waals surface area contributed by atoms with Gasteiger partial charge < -0.3 is 15.2 Å². The zero-order valence-electron chi connectivity index (χ0n) is 19.1. The summed E-state index contributed by atoms with van der Waals surface area (Å²) in [7, 11) is 3.18. The minimum Gasteiger partial charge on any atom is -0.493 e. The van der Waals surface area contributed by atoms with Gasteiger partial charge in [-0.05, 0) is 65.8 Å². The van der Waals surface area contributed by atoms with E-state index in [1.807, 2.05) is 49.6 Å². The van der Waals surface area contributed by atoms with Gasteiger partial charge in [0.25, 0.3) is 5.91 Å². The van der Waals surface area contributed by atoms with Crippen LogP contribution in [0.15, 0.2) is 54.9 Å². The molecule has 0 radical (unpaired) electrons. The first-order chi connectivity index (χ1) is 15.9. The molecule has 0 saturated heterocycles. The Balaban J connectivity index is 1.79. The van der Waals surface area contributed by atoms with Crippen LogP contribution in [0.3, 0.4) is 0 Å². The molecule has 7 heteroatoms. The van der Waals surface area contributed by atoms with Crippen molar-refractivity contribution in [2.75, 3.05) is 14.2 Å². The van der Waals surface area contributed by atoms with Crippen molar-refractivity contribution in [3.05, 3.63) is 77.5 Å². The average Bonchev–Trinajstić information content (AvgIpc) is 2.83. The highest BCUT2D eigenvalue weighted by Gasteiger charge is 2.16. The van der Waals surface area contributed by atoms with Crippen LogP contribution < -0.4 is 15.2 Å². The molecule has 1 amide bonds. The minimum absolute atomic E-state index is 0.212. The Bertz CT molecular complexity index is 1320.